The van der Waals surface area contributed by atoms with Crippen LogP contribution in [0.3, 0.4) is 0 Å². The standard InChI is InChI=1S/C21H38/c1-15-7-9-18(10-8-15)19-11-13-20(14-12-19)21-6-4-5-16(2)17(21)3/h15-21H,4-14H2,1-3H3/t15?,16?,17?,18?,19?,20?,21-/m1/s1. The van der Waals surface area contributed by atoms with Gasteiger partial charge in [0.25, 0.3) is 0 Å². The van der Waals surface area contributed by atoms with Crippen molar-refractivity contribution in [2.24, 2.45) is 41.4 Å². The predicted molar refractivity (Wildman–Crippen MR) is 92.2 cm³/mol. The molecule has 3 atom stereocenters. The van der Waals surface area contributed by atoms with E-state index in [0.717, 1.165) is 41.4 Å². The topological polar surface area (TPSA) is 0 Å². The first-order chi connectivity index (χ1) is 10.1. The average molecular weight is 291 g/mol. The van der Waals surface area contributed by atoms with E-state index in [1.807, 2.05) is 0 Å². The van der Waals surface area contributed by atoms with E-state index in [2.05, 4.69) is 20.8 Å². The third kappa shape index (κ3) is 3.67. The molecule has 0 N–H and O–H groups in total. The molecule has 3 saturated carbocycles. The molecule has 0 spiro atoms. The smallest absolute Gasteiger partial charge is 0.0358 e. The van der Waals surface area contributed by atoms with Crippen LogP contribution in [0.4, 0.5) is 0 Å². The van der Waals surface area contributed by atoms with Crippen molar-refractivity contribution in [3.63, 3.8) is 0 Å². The average Bonchev–Trinajstić information content (AvgIpc) is 2.51. The zero-order chi connectivity index (χ0) is 14.8. The Balaban J connectivity index is 1.48. The summed E-state index contributed by atoms with van der Waals surface area (Å²) in [4.78, 5) is 0. The van der Waals surface area contributed by atoms with Gasteiger partial charge >= 0.3 is 0 Å². The summed E-state index contributed by atoms with van der Waals surface area (Å²) >= 11 is 0. The molecule has 21 heavy (non-hydrogen) atoms. The first-order valence-electron chi connectivity index (χ1n) is 10.1. The molecule has 0 aromatic rings. The summed E-state index contributed by atoms with van der Waals surface area (Å²) in [6.07, 6.45) is 17.0. The Morgan fingerprint density at radius 2 is 1.05 bits per heavy atom. The summed E-state index contributed by atoms with van der Waals surface area (Å²) in [7, 11) is 0. The van der Waals surface area contributed by atoms with Gasteiger partial charge in [-0.25, -0.2) is 0 Å². The summed E-state index contributed by atoms with van der Waals surface area (Å²) in [5.41, 5.74) is 0. The molecule has 0 heteroatoms. The molecule has 0 radical (unpaired) electrons. The minimum absolute atomic E-state index is 0.987. The van der Waals surface area contributed by atoms with Crippen LogP contribution in [-0.4, -0.2) is 0 Å². The fraction of sp³-hybridized carbons (Fsp3) is 1.00. The van der Waals surface area contributed by atoms with Crippen LogP contribution in [0.15, 0.2) is 0 Å². The second-order valence-electron chi connectivity index (χ2n) is 9.13. The first kappa shape index (κ1) is 15.9. The fourth-order valence-electron chi connectivity index (χ4n) is 6.09. The van der Waals surface area contributed by atoms with E-state index in [9.17, 15) is 0 Å². The molecule has 0 aromatic heterocycles. The Morgan fingerprint density at radius 3 is 1.67 bits per heavy atom. The second kappa shape index (κ2) is 7.05. The van der Waals surface area contributed by atoms with Gasteiger partial charge < -0.3 is 0 Å². The molecule has 0 amide bonds. The van der Waals surface area contributed by atoms with Crippen LogP contribution in [-0.2, 0) is 0 Å². The first-order valence-corrected chi connectivity index (χ1v) is 10.1. The molecule has 3 fully saturated rings. The van der Waals surface area contributed by atoms with Crippen molar-refractivity contribution in [2.45, 2.75) is 91.4 Å². The van der Waals surface area contributed by atoms with Crippen LogP contribution in [0.1, 0.15) is 91.4 Å². The molecule has 0 heterocycles. The zero-order valence-electron chi connectivity index (χ0n) is 14.8. The largest absolute Gasteiger partial charge is 0.0625 e. The van der Waals surface area contributed by atoms with E-state index in [0.29, 0.717) is 0 Å². The summed E-state index contributed by atoms with van der Waals surface area (Å²) in [5.74, 6) is 7.36. The maximum atomic E-state index is 2.56. The molecule has 2 unspecified atom stereocenters. The van der Waals surface area contributed by atoms with Crippen LogP contribution in [0.5, 0.6) is 0 Å². The highest BCUT2D eigenvalue weighted by atomic mass is 14.4. The molecule has 0 aromatic carbocycles. The molecule has 3 aliphatic carbocycles. The maximum absolute atomic E-state index is 2.56. The van der Waals surface area contributed by atoms with Gasteiger partial charge in [0.1, 0.15) is 0 Å². The Kier molecular flexibility index (Phi) is 5.33. The van der Waals surface area contributed by atoms with Gasteiger partial charge in [0, 0.05) is 0 Å². The SMILES string of the molecule is CC1CCC(C2CCC([C@@H]3CCCC(C)C3C)CC2)CC1. The molecule has 0 saturated heterocycles. The molecule has 3 rings (SSSR count). The van der Waals surface area contributed by atoms with Crippen molar-refractivity contribution in [1.82, 2.24) is 0 Å². The molecule has 0 aliphatic heterocycles. The molecule has 3 aliphatic rings. The molecule has 0 nitrogen and oxygen atoms in total. The van der Waals surface area contributed by atoms with Gasteiger partial charge in [0.05, 0.1) is 0 Å². The van der Waals surface area contributed by atoms with Gasteiger partial charge in [-0.2, -0.15) is 0 Å². The van der Waals surface area contributed by atoms with Crippen LogP contribution in [0.25, 0.3) is 0 Å². The van der Waals surface area contributed by atoms with E-state index in [1.54, 1.807) is 44.9 Å². The normalized spacial score (nSPS) is 49.0. The molecular weight excluding hydrogens is 252 g/mol. The minimum Gasteiger partial charge on any atom is -0.0625 e. The van der Waals surface area contributed by atoms with Crippen LogP contribution < -0.4 is 0 Å². The highest BCUT2D eigenvalue weighted by Crippen LogP contribution is 2.47. The lowest BCUT2D eigenvalue weighted by Crippen LogP contribution is -2.34. The van der Waals surface area contributed by atoms with Crippen molar-refractivity contribution in [1.29, 1.82) is 0 Å². The molecule has 0 bridgehead atoms. The highest BCUT2D eigenvalue weighted by Gasteiger charge is 2.36. The van der Waals surface area contributed by atoms with Crippen molar-refractivity contribution < 1.29 is 0 Å². The quantitative estimate of drug-likeness (QED) is 0.531. The van der Waals surface area contributed by atoms with Gasteiger partial charge in [-0.15, -0.1) is 0 Å². The molecular formula is C21H38. The summed E-state index contributed by atoms with van der Waals surface area (Å²) in [6.45, 7) is 7.52. The monoisotopic (exact) mass is 290 g/mol. The number of rotatable bonds is 2. The summed E-state index contributed by atoms with van der Waals surface area (Å²) < 4.78 is 0. The van der Waals surface area contributed by atoms with E-state index in [1.165, 1.54) is 25.7 Å². The van der Waals surface area contributed by atoms with E-state index in [4.69, 9.17) is 0 Å². The van der Waals surface area contributed by atoms with Crippen molar-refractivity contribution in [3.8, 4) is 0 Å². The van der Waals surface area contributed by atoms with E-state index in [-0.39, 0.29) is 0 Å². The predicted octanol–water partition coefficient (Wildman–Crippen LogP) is 6.69. The van der Waals surface area contributed by atoms with Crippen molar-refractivity contribution in [2.75, 3.05) is 0 Å². The fourth-order valence-corrected chi connectivity index (χ4v) is 6.09. The zero-order valence-corrected chi connectivity index (χ0v) is 14.8. The third-order valence-electron chi connectivity index (χ3n) is 7.92. The Bertz CT molecular complexity index is 304. The van der Waals surface area contributed by atoms with Crippen LogP contribution in [0, 0.1) is 41.4 Å². The third-order valence-corrected chi connectivity index (χ3v) is 7.92. The lowest BCUT2D eigenvalue weighted by molar-refractivity contribution is 0.0694. The van der Waals surface area contributed by atoms with Gasteiger partial charge in [-0.05, 0) is 86.4 Å². The number of hydrogen-bond donors (Lipinski definition) is 0. The van der Waals surface area contributed by atoms with Crippen LogP contribution >= 0.6 is 0 Å². The lowest BCUT2D eigenvalue weighted by atomic mass is 9.62. The van der Waals surface area contributed by atoms with Gasteiger partial charge in [0.2, 0.25) is 0 Å². The van der Waals surface area contributed by atoms with Gasteiger partial charge in [0.15, 0.2) is 0 Å². The van der Waals surface area contributed by atoms with Gasteiger partial charge in [-0.1, -0.05) is 46.5 Å². The maximum Gasteiger partial charge on any atom is -0.0358 e. The molecule has 122 valence electrons. The Labute approximate surface area is 133 Å². The minimum atomic E-state index is 0.987. The highest BCUT2D eigenvalue weighted by molar-refractivity contribution is 4.87. The van der Waals surface area contributed by atoms with Gasteiger partial charge in [-0.3, -0.25) is 0 Å². The second-order valence-corrected chi connectivity index (χ2v) is 9.13. The number of hydrogen-bond acceptors (Lipinski definition) is 0. The Morgan fingerprint density at radius 1 is 0.524 bits per heavy atom. The Hall–Kier alpha value is 0. The van der Waals surface area contributed by atoms with Crippen molar-refractivity contribution in [3.05, 3.63) is 0 Å². The van der Waals surface area contributed by atoms with E-state index < -0.39 is 0 Å². The summed E-state index contributed by atoms with van der Waals surface area (Å²) in [6, 6.07) is 0. The summed E-state index contributed by atoms with van der Waals surface area (Å²) in [5, 5.41) is 0. The van der Waals surface area contributed by atoms with Crippen molar-refractivity contribution >= 4 is 0 Å². The van der Waals surface area contributed by atoms with Crippen LogP contribution in [0.2, 0.25) is 0 Å². The van der Waals surface area contributed by atoms with E-state index >= 15 is 0 Å². The lowest BCUT2D eigenvalue weighted by Gasteiger charge is -2.44.